The van der Waals surface area contributed by atoms with Gasteiger partial charge in [-0.25, -0.2) is 0 Å². The van der Waals surface area contributed by atoms with Crippen LogP contribution in [0.25, 0.3) is 0 Å². The van der Waals surface area contributed by atoms with Crippen molar-refractivity contribution in [1.82, 2.24) is 5.32 Å². The number of rotatable bonds is 5. The first-order valence-electron chi connectivity index (χ1n) is 5.42. The van der Waals surface area contributed by atoms with Crippen LogP contribution in [0.5, 0.6) is 5.75 Å². The second-order valence-corrected chi connectivity index (χ2v) is 4.50. The number of aryl methyl sites for hydroxylation is 1. The molecule has 1 aromatic rings. The van der Waals surface area contributed by atoms with E-state index >= 15 is 0 Å². The van der Waals surface area contributed by atoms with Crippen molar-refractivity contribution in [3.63, 3.8) is 0 Å². The zero-order valence-corrected chi connectivity index (χ0v) is 10.1. The molecule has 84 valence electrons. The molecule has 1 rings (SSSR count). The summed E-state index contributed by atoms with van der Waals surface area (Å²) >= 11 is 0. The van der Waals surface area contributed by atoms with E-state index in [1.54, 1.807) is 0 Å². The van der Waals surface area contributed by atoms with Crippen LogP contribution in [-0.4, -0.2) is 19.2 Å². The number of para-hydroxylation sites is 1. The molecule has 1 aromatic carbocycles. The third-order valence-corrected chi connectivity index (χ3v) is 2.75. The van der Waals surface area contributed by atoms with Gasteiger partial charge in [-0.2, -0.15) is 0 Å². The van der Waals surface area contributed by atoms with Crippen molar-refractivity contribution in [2.24, 2.45) is 0 Å². The number of ether oxygens (including phenoxy) is 1. The minimum Gasteiger partial charge on any atom is -0.493 e. The second kappa shape index (κ2) is 5.17. The molecule has 0 aliphatic heterocycles. The summed E-state index contributed by atoms with van der Waals surface area (Å²) in [6, 6.07) is 8.12. The molecule has 0 unspecified atom stereocenters. The lowest BCUT2D eigenvalue weighted by Crippen LogP contribution is -2.37. The van der Waals surface area contributed by atoms with Gasteiger partial charge in [-0.15, -0.1) is 0 Å². The second-order valence-electron chi connectivity index (χ2n) is 4.50. The average Bonchev–Trinajstić information content (AvgIpc) is 2.21. The molecule has 0 aliphatic carbocycles. The molecule has 0 amide bonds. The van der Waals surface area contributed by atoms with Crippen molar-refractivity contribution in [1.29, 1.82) is 0 Å². The maximum absolute atomic E-state index is 5.73. The third kappa shape index (κ3) is 3.92. The molecular weight excluding hydrogens is 186 g/mol. The van der Waals surface area contributed by atoms with E-state index in [9.17, 15) is 0 Å². The van der Waals surface area contributed by atoms with E-state index in [1.165, 1.54) is 5.56 Å². The lowest BCUT2D eigenvalue weighted by molar-refractivity contribution is 0.254. The van der Waals surface area contributed by atoms with Gasteiger partial charge in [-0.1, -0.05) is 18.2 Å². The van der Waals surface area contributed by atoms with E-state index in [1.807, 2.05) is 25.2 Å². The van der Waals surface area contributed by atoms with Crippen molar-refractivity contribution in [3.8, 4) is 5.75 Å². The normalized spacial score (nSPS) is 11.5. The standard InChI is InChI=1S/C13H21NO/c1-11-7-5-6-8-12(11)15-10-9-13(2,3)14-4/h5-8,14H,9-10H2,1-4H3. The van der Waals surface area contributed by atoms with E-state index in [0.717, 1.165) is 18.8 Å². The van der Waals surface area contributed by atoms with Crippen LogP contribution in [0.3, 0.4) is 0 Å². The van der Waals surface area contributed by atoms with Crippen molar-refractivity contribution in [2.45, 2.75) is 32.7 Å². The molecule has 2 heteroatoms. The first-order valence-corrected chi connectivity index (χ1v) is 5.42. The Morgan fingerprint density at radius 2 is 1.93 bits per heavy atom. The topological polar surface area (TPSA) is 21.3 Å². The largest absolute Gasteiger partial charge is 0.493 e. The fraction of sp³-hybridized carbons (Fsp3) is 0.538. The summed E-state index contributed by atoms with van der Waals surface area (Å²) in [5, 5.41) is 3.26. The Morgan fingerprint density at radius 3 is 2.53 bits per heavy atom. The van der Waals surface area contributed by atoms with Crippen LogP contribution in [-0.2, 0) is 0 Å². The van der Waals surface area contributed by atoms with Gasteiger partial charge < -0.3 is 10.1 Å². The predicted molar refractivity (Wildman–Crippen MR) is 64.4 cm³/mol. The van der Waals surface area contributed by atoms with Crippen molar-refractivity contribution < 1.29 is 4.74 Å². The molecule has 0 saturated carbocycles. The van der Waals surface area contributed by atoms with Crippen LogP contribution in [0.4, 0.5) is 0 Å². The number of benzene rings is 1. The summed E-state index contributed by atoms with van der Waals surface area (Å²) in [5.41, 5.74) is 1.34. The fourth-order valence-electron chi connectivity index (χ4n) is 1.26. The maximum atomic E-state index is 5.73. The Bertz CT molecular complexity index is 307. The average molecular weight is 207 g/mol. The highest BCUT2D eigenvalue weighted by Crippen LogP contribution is 2.17. The van der Waals surface area contributed by atoms with Crippen LogP contribution in [0.2, 0.25) is 0 Å². The molecule has 0 atom stereocenters. The van der Waals surface area contributed by atoms with E-state index in [-0.39, 0.29) is 5.54 Å². The van der Waals surface area contributed by atoms with Gasteiger partial charge >= 0.3 is 0 Å². The summed E-state index contributed by atoms with van der Waals surface area (Å²) in [5.74, 6) is 0.990. The van der Waals surface area contributed by atoms with Gasteiger partial charge in [0.05, 0.1) is 6.61 Å². The first-order chi connectivity index (χ1) is 7.05. The number of hydrogen-bond donors (Lipinski definition) is 1. The van der Waals surface area contributed by atoms with Gasteiger partial charge in [0, 0.05) is 5.54 Å². The summed E-state index contributed by atoms with van der Waals surface area (Å²) < 4.78 is 5.73. The van der Waals surface area contributed by atoms with Crippen LogP contribution < -0.4 is 10.1 Å². The van der Waals surface area contributed by atoms with E-state index in [0.29, 0.717) is 0 Å². The minimum absolute atomic E-state index is 0.142. The number of hydrogen-bond acceptors (Lipinski definition) is 2. The molecule has 0 aromatic heterocycles. The molecule has 0 heterocycles. The third-order valence-electron chi connectivity index (χ3n) is 2.75. The Balaban J connectivity index is 2.42. The monoisotopic (exact) mass is 207 g/mol. The molecule has 0 fully saturated rings. The fourth-order valence-corrected chi connectivity index (χ4v) is 1.26. The summed E-state index contributed by atoms with van der Waals surface area (Å²) in [7, 11) is 1.98. The van der Waals surface area contributed by atoms with E-state index in [2.05, 4.69) is 32.2 Å². The van der Waals surface area contributed by atoms with Gasteiger partial charge in [-0.05, 0) is 45.9 Å². The van der Waals surface area contributed by atoms with E-state index in [4.69, 9.17) is 4.74 Å². The first kappa shape index (κ1) is 12.1. The van der Waals surface area contributed by atoms with Gasteiger partial charge in [0.2, 0.25) is 0 Å². The highest BCUT2D eigenvalue weighted by molar-refractivity contribution is 5.31. The molecule has 1 N–H and O–H groups in total. The molecule has 0 bridgehead atoms. The molecule has 0 saturated heterocycles. The molecule has 15 heavy (non-hydrogen) atoms. The quantitative estimate of drug-likeness (QED) is 0.801. The lowest BCUT2D eigenvalue weighted by atomic mass is 10.0. The van der Waals surface area contributed by atoms with Crippen LogP contribution >= 0.6 is 0 Å². The highest BCUT2D eigenvalue weighted by atomic mass is 16.5. The summed E-state index contributed by atoms with van der Waals surface area (Å²) in [6.45, 7) is 7.17. The SMILES string of the molecule is CNC(C)(C)CCOc1ccccc1C. The van der Waals surface area contributed by atoms with Gasteiger partial charge in [0.1, 0.15) is 5.75 Å². The van der Waals surface area contributed by atoms with Gasteiger partial charge in [-0.3, -0.25) is 0 Å². The number of nitrogens with one attached hydrogen (secondary N) is 1. The smallest absolute Gasteiger partial charge is 0.122 e. The Kier molecular flexibility index (Phi) is 4.15. The van der Waals surface area contributed by atoms with Crippen LogP contribution in [0.15, 0.2) is 24.3 Å². The van der Waals surface area contributed by atoms with Gasteiger partial charge in [0.25, 0.3) is 0 Å². The van der Waals surface area contributed by atoms with Crippen LogP contribution in [0, 0.1) is 6.92 Å². The Morgan fingerprint density at radius 1 is 1.27 bits per heavy atom. The zero-order valence-electron chi connectivity index (χ0n) is 10.1. The molecular formula is C13H21NO. The van der Waals surface area contributed by atoms with Gasteiger partial charge in [0.15, 0.2) is 0 Å². The summed E-state index contributed by atoms with van der Waals surface area (Å²) in [6.07, 6.45) is 0.998. The minimum atomic E-state index is 0.142. The van der Waals surface area contributed by atoms with Crippen molar-refractivity contribution >= 4 is 0 Å². The zero-order chi connectivity index (χ0) is 11.3. The summed E-state index contributed by atoms with van der Waals surface area (Å²) in [4.78, 5) is 0. The lowest BCUT2D eigenvalue weighted by Gasteiger charge is -2.24. The Labute approximate surface area is 92.6 Å². The van der Waals surface area contributed by atoms with E-state index < -0.39 is 0 Å². The Hall–Kier alpha value is -1.02. The van der Waals surface area contributed by atoms with Crippen molar-refractivity contribution in [2.75, 3.05) is 13.7 Å². The predicted octanol–water partition coefficient (Wildman–Crippen LogP) is 2.76. The van der Waals surface area contributed by atoms with Crippen molar-refractivity contribution in [3.05, 3.63) is 29.8 Å². The maximum Gasteiger partial charge on any atom is 0.122 e. The molecule has 0 aliphatic rings. The highest BCUT2D eigenvalue weighted by Gasteiger charge is 2.14. The molecule has 0 spiro atoms. The molecule has 2 nitrogen and oxygen atoms in total. The molecule has 0 radical (unpaired) electrons. The van der Waals surface area contributed by atoms with Crippen LogP contribution in [0.1, 0.15) is 25.8 Å².